The summed E-state index contributed by atoms with van der Waals surface area (Å²) in [7, 11) is 0. The van der Waals surface area contributed by atoms with Crippen molar-refractivity contribution < 1.29 is 14.6 Å². The van der Waals surface area contributed by atoms with Crippen LogP contribution in [0.25, 0.3) is 0 Å². The largest absolute Gasteiger partial charge is 0.389 e. The summed E-state index contributed by atoms with van der Waals surface area (Å²) in [5, 5.41) is 15.7. The summed E-state index contributed by atoms with van der Waals surface area (Å²) >= 11 is 0. The average molecular weight is 264 g/mol. The molecule has 0 saturated carbocycles. The van der Waals surface area contributed by atoms with Crippen molar-refractivity contribution in [2.75, 3.05) is 25.0 Å². The molecule has 1 aromatic rings. The first-order valence-corrected chi connectivity index (χ1v) is 6.56. The van der Waals surface area contributed by atoms with Gasteiger partial charge in [0.05, 0.1) is 25.2 Å². The maximum absolute atomic E-state index is 12.0. The summed E-state index contributed by atoms with van der Waals surface area (Å²) in [6, 6.07) is 7.27. The van der Waals surface area contributed by atoms with Gasteiger partial charge in [0.1, 0.15) is 0 Å². The lowest BCUT2D eigenvalue weighted by Crippen LogP contribution is -2.40. The quantitative estimate of drug-likeness (QED) is 0.760. The molecule has 3 N–H and O–H groups in total. The zero-order valence-corrected chi connectivity index (χ0v) is 11.1. The Bertz CT molecular complexity index is 428. The van der Waals surface area contributed by atoms with Gasteiger partial charge in [0.2, 0.25) is 5.91 Å². The number of rotatable bonds is 4. The number of carbonyl (C=O) groups is 1. The fraction of sp³-hybridized carbons (Fsp3) is 0.500. The molecule has 0 bridgehead atoms. The van der Waals surface area contributed by atoms with Crippen molar-refractivity contribution in [2.45, 2.75) is 25.6 Å². The summed E-state index contributed by atoms with van der Waals surface area (Å²) < 4.78 is 5.49. The van der Waals surface area contributed by atoms with E-state index in [1.54, 1.807) is 19.1 Å². The number of hydrogen-bond acceptors (Lipinski definition) is 4. The lowest BCUT2D eigenvalue weighted by atomic mass is 10.1. The summed E-state index contributed by atoms with van der Waals surface area (Å²) in [4.78, 5) is 12.0. The van der Waals surface area contributed by atoms with Gasteiger partial charge in [-0.05, 0) is 13.0 Å². The maximum atomic E-state index is 12.0. The van der Waals surface area contributed by atoms with Gasteiger partial charge >= 0.3 is 0 Å². The third-order valence-corrected chi connectivity index (χ3v) is 3.10. The van der Waals surface area contributed by atoms with E-state index in [4.69, 9.17) is 4.74 Å². The van der Waals surface area contributed by atoms with Crippen molar-refractivity contribution in [3.8, 4) is 0 Å². The van der Waals surface area contributed by atoms with Crippen LogP contribution in [0.4, 0.5) is 5.69 Å². The monoisotopic (exact) mass is 264 g/mol. The fourth-order valence-electron chi connectivity index (χ4n) is 2.13. The Labute approximate surface area is 113 Å². The molecule has 0 spiro atoms. The van der Waals surface area contributed by atoms with Gasteiger partial charge in [-0.25, -0.2) is 0 Å². The minimum absolute atomic E-state index is 0.0764. The number of carbonyl (C=O) groups excluding carboxylic acids is 1. The summed E-state index contributed by atoms with van der Waals surface area (Å²) in [6.45, 7) is 3.86. The zero-order valence-electron chi connectivity index (χ0n) is 11.1. The molecule has 104 valence electrons. The van der Waals surface area contributed by atoms with Crippen LogP contribution in [-0.4, -0.2) is 36.8 Å². The van der Waals surface area contributed by atoms with E-state index in [1.807, 2.05) is 12.1 Å². The van der Waals surface area contributed by atoms with Gasteiger partial charge in [-0.1, -0.05) is 18.2 Å². The molecule has 2 unspecified atom stereocenters. The number of anilines is 1. The Morgan fingerprint density at radius 3 is 3.05 bits per heavy atom. The predicted octanol–water partition coefficient (Wildman–Crippen LogP) is 1.06. The minimum atomic E-state index is -0.607. The molecule has 1 saturated heterocycles. The fourth-order valence-corrected chi connectivity index (χ4v) is 2.13. The van der Waals surface area contributed by atoms with Gasteiger partial charge in [0.15, 0.2) is 0 Å². The third-order valence-electron chi connectivity index (χ3n) is 3.10. The first-order chi connectivity index (χ1) is 9.16. The maximum Gasteiger partial charge on any atom is 0.227 e. The topological polar surface area (TPSA) is 70.6 Å². The van der Waals surface area contributed by atoms with E-state index in [0.29, 0.717) is 25.3 Å². The second kappa shape index (κ2) is 6.65. The Morgan fingerprint density at radius 1 is 1.58 bits per heavy atom. The van der Waals surface area contributed by atoms with Crippen LogP contribution in [0.1, 0.15) is 25.0 Å². The smallest absolute Gasteiger partial charge is 0.227 e. The van der Waals surface area contributed by atoms with Gasteiger partial charge in [-0.3, -0.25) is 4.79 Å². The first-order valence-electron chi connectivity index (χ1n) is 6.56. The number of benzene rings is 1. The van der Waals surface area contributed by atoms with Crippen LogP contribution in [-0.2, 0) is 9.53 Å². The van der Waals surface area contributed by atoms with Crippen LogP contribution in [0.5, 0.6) is 0 Å². The van der Waals surface area contributed by atoms with Crippen LogP contribution in [0.15, 0.2) is 24.3 Å². The molecule has 5 heteroatoms. The molecule has 1 heterocycles. The Kier molecular flexibility index (Phi) is 4.90. The van der Waals surface area contributed by atoms with Crippen LogP contribution >= 0.6 is 0 Å². The van der Waals surface area contributed by atoms with E-state index < -0.39 is 6.10 Å². The summed E-state index contributed by atoms with van der Waals surface area (Å²) in [6.07, 6.45) is -0.363. The molecule has 0 aromatic heterocycles. The van der Waals surface area contributed by atoms with E-state index in [-0.39, 0.29) is 12.0 Å². The van der Waals surface area contributed by atoms with Crippen LogP contribution < -0.4 is 10.6 Å². The van der Waals surface area contributed by atoms with Crippen molar-refractivity contribution in [1.29, 1.82) is 0 Å². The summed E-state index contributed by atoms with van der Waals surface area (Å²) in [5.74, 6) is -0.0956. The third kappa shape index (κ3) is 4.02. The van der Waals surface area contributed by atoms with E-state index >= 15 is 0 Å². The second-order valence-electron chi connectivity index (χ2n) is 4.71. The Balaban J connectivity index is 1.94. The van der Waals surface area contributed by atoms with Crippen molar-refractivity contribution >= 4 is 11.6 Å². The number of nitrogens with one attached hydrogen (secondary N) is 2. The van der Waals surface area contributed by atoms with Gasteiger partial charge in [-0.2, -0.15) is 0 Å². The number of aliphatic hydroxyl groups is 1. The molecule has 2 atom stereocenters. The number of ether oxygens (including phenoxy) is 1. The van der Waals surface area contributed by atoms with Crippen molar-refractivity contribution in [3.05, 3.63) is 29.8 Å². The Morgan fingerprint density at radius 2 is 2.37 bits per heavy atom. The highest BCUT2D eigenvalue weighted by Gasteiger charge is 2.18. The molecule has 1 aromatic carbocycles. The molecule has 2 rings (SSSR count). The van der Waals surface area contributed by atoms with Crippen molar-refractivity contribution in [3.63, 3.8) is 0 Å². The molecule has 1 aliphatic heterocycles. The van der Waals surface area contributed by atoms with Crippen molar-refractivity contribution in [1.82, 2.24) is 5.32 Å². The minimum Gasteiger partial charge on any atom is -0.389 e. The Hall–Kier alpha value is -1.43. The normalized spacial score (nSPS) is 20.8. The molecule has 1 fully saturated rings. The number of aliphatic hydroxyl groups excluding tert-OH is 1. The standard InChI is InChI=1S/C14H20N2O3/c1-10(17)12-4-2-3-5-13(12)16-14(18)8-11-9-15-6-7-19-11/h2-5,10-11,15,17H,6-9H2,1H3,(H,16,18). The van der Waals surface area contributed by atoms with E-state index in [9.17, 15) is 9.90 Å². The van der Waals surface area contributed by atoms with Crippen LogP contribution in [0.2, 0.25) is 0 Å². The van der Waals surface area contributed by atoms with Crippen LogP contribution in [0, 0.1) is 0 Å². The summed E-state index contributed by atoms with van der Waals surface area (Å²) in [5.41, 5.74) is 1.38. The van der Waals surface area contributed by atoms with Crippen LogP contribution in [0.3, 0.4) is 0 Å². The van der Waals surface area contributed by atoms with E-state index in [1.165, 1.54) is 0 Å². The zero-order chi connectivity index (χ0) is 13.7. The SMILES string of the molecule is CC(O)c1ccccc1NC(=O)CC1CNCCO1. The molecule has 0 aliphatic carbocycles. The highest BCUT2D eigenvalue weighted by molar-refractivity contribution is 5.91. The molecule has 5 nitrogen and oxygen atoms in total. The van der Waals surface area contributed by atoms with Gasteiger partial charge in [0, 0.05) is 24.3 Å². The second-order valence-corrected chi connectivity index (χ2v) is 4.71. The average Bonchev–Trinajstić information content (AvgIpc) is 2.40. The van der Waals surface area contributed by atoms with E-state index in [0.717, 1.165) is 12.1 Å². The lowest BCUT2D eigenvalue weighted by molar-refractivity contribution is -0.119. The van der Waals surface area contributed by atoms with Gasteiger partial charge in [0.25, 0.3) is 0 Å². The molecular formula is C14H20N2O3. The molecule has 1 amide bonds. The molecular weight excluding hydrogens is 244 g/mol. The van der Waals surface area contributed by atoms with E-state index in [2.05, 4.69) is 10.6 Å². The molecule has 0 radical (unpaired) electrons. The number of amides is 1. The first kappa shape index (κ1) is 14.0. The number of morpholine rings is 1. The molecule has 1 aliphatic rings. The number of hydrogen-bond donors (Lipinski definition) is 3. The van der Waals surface area contributed by atoms with Gasteiger partial charge < -0.3 is 20.5 Å². The molecule has 19 heavy (non-hydrogen) atoms. The highest BCUT2D eigenvalue weighted by atomic mass is 16.5. The number of para-hydroxylation sites is 1. The predicted molar refractivity (Wildman–Crippen MR) is 72.9 cm³/mol. The van der Waals surface area contributed by atoms with Crippen molar-refractivity contribution in [2.24, 2.45) is 0 Å². The van der Waals surface area contributed by atoms with Gasteiger partial charge in [-0.15, -0.1) is 0 Å². The lowest BCUT2D eigenvalue weighted by Gasteiger charge is -2.23. The highest BCUT2D eigenvalue weighted by Crippen LogP contribution is 2.22.